The van der Waals surface area contributed by atoms with E-state index in [1.165, 1.54) is 6.42 Å². The van der Waals surface area contributed by atoms with Gasteiger partial charge in [0, 0.05) is 13.2 Å². The molecule has 0 bridgehead atoms. The van der Waals surface area contributed by atoms with E-state index in [9.17, 15) is 4.79 Å². The van der Waals surface area contributed by atoms with Crippen molar-refractivity contribution in [1.82, 2.24) is 4.90 Å². The van der Waals surface area contributed by atoms with Crippen molar-refractivity contribution in [2.45, 2.75) is 77.0 Å². The van der Waals surface area contributed by atoms with Gasteiger partial charge in [-0.25, -0.2) is 4.79 Å². The van der Waals surface area contributed by atoms with Gasteiger partial charge in [-0.05, 0) is 59.3 Å². The van der Waals surface area contributed by atoms with E-state index in [1.807, 2.05) is 25.7 Å². The van der Waals surface area contributed by atoms with Crippen molar-refractivity contribution < 1.29 is 23.7 Å². The van der Waals surface area contributed by atoms with E-state index in [4.69, 9.17) is 18.9 Å². The van der Waals surface area contributed by atoms with E-state index < -0.39 is 5.60 Å². The third kappa shape index (κ3) is 7.92. The minimum absolute atomic E-state index is 0.102. The van der Waals surface area contributed by atoms with Crippen LogP contribution in [0.15, 0.2) is 0 Å². The number of nitrogens with zero attached hydrogens (tertiary/aromatic N) is 1. The Morgan fingerprint density at radius 2 is 1.76 bits per heavy atom. The van der Waals surface area contributed by atoms with Gasteiger partial charge >= 0.3 is 6.09 Å². The third-order valence-electron chi connectivity index (χ3n) is 4.52. The Morgan fingerprint density at radius 1 is 1.04 bits per heavy atom. The van der Waals surface area contributed by atoms with Gasteiger partial charge in [-0.15, -0.1) is 0 Å². The second-order valence-corrected chi connectivity index (χ2v) is 7.96. The van der Waals surface area contributed by atoms with Crippen LogP contribution in [0.2, 0.25) is 0 Å². The molecule has 0 aromatic rings. The van der Waals surface area contributed by atoms with Gasteiger partial charge in [-0.2, -0.15) is 0 Å². The van der Waals surface area contributed by atoms with E-state index in [0.29, 0.717) is 26.4 Å². The highest BCUT2D eigenvalue weighted by molar-refractivity contribution is 5.68. The number of amides is 1. The van der Waals surface area contributed by atoms with E-state index in [1.54, 1.807) is 0 Å². The highest BCUT2D eigenvalue weighted by Crippen LogP contribution is 2.20. The molecule has 2 aliphatic heterocycles. The molecule has 0 spiro atoms. The van der Waals surface area contributed by atoms with Gasteiger partial charge in [0.2, 0.25) is 0 Å². The standard InChI is InChI=1S/C19H35NO5/c1-19(2,3)25-18(21)20-10-6-4-8-16(20)14-22-12-13-23-15-17-9-5-7-11-24-17/h16-17H,4-15H2,1-3H3/t16-,17?/m0/s1. The van der Waals surface area contributed by atoms with Crippen molar-refractivity contribution in [3.63, 3.8) is 0 Å². The summed E-state index contributed by atoms with van der Waals surface area (Å²) in [5.74, 6) is 0. The van der Waals surface area contributed by atoms with Gasteiger partial charge < -0.3 is 23.8 Å². The lowest BCUT2D eigenvalue weighted by molar-refractivity contribution is -0.0555. The van der Waals surface area contributed by atoms with Crippen LogP contribution in [0.1, 0.15) is 59.3 Å². The lowest BCUT2D eigenvalue weighted by Crippen LogP contribution is -2.48. The fraction of sp³-hybridized carbons (Fsp3) is 0.947. The molecule has 146 valence electrons. The zero-order chi connectivity index (χ0) is 18.1. The van der Waals surface area contributed by atoms with Crippen molar-refractivity contribution >= 4 is 6.09 Å². The average molecular weight is 357 g/mol. The second kappa shape index (κ2) is 10.3. The molecule has 25 heavy (non-hydrogen) atoms. The third-order valence-corrected chi connectivity index (χ3v) is 4.52. The Kier molecular flexibility index (Phi) is 8.46. The molecule has 0 aliphatic carbocycles. The van der Waals surface area contributed by atoms with Crippen LogP contribution < -0.4 is 0 Å². The molecule has 0 saturated carbocycles. The molecule has 0 aromatic heterocycles. The maximum atomic E-state index is 12.3. The summed E-state index contributed by atoms with van der Waals surface area (Å²) in [6.45, 7) is 9.60. The van der Waals surface area contributed by atoms with Crippen LogP contribution in [0.5, 0.6) is 0 Å². The number of rotatable bonds is 7. The van der Waals surface area contributed by atoms with E-state index in [0.717, 1.165) is 45.3 Å². The quantitative estimate of drug-likeness (QED) is 0.654. The van der Waals surface area contributed by atoms with Crippen LogP contribution in [0.4, 0.5) is 4.79 Å². The first-order valence-electron chi connectivity index (χ1n) is 9.72. The number of ether oxygens (including phenoxy) is 4. The maximum Gasteiger partial charge on any atom is 0.410 e. The van der Waals surface area contributed by atoms with Crippen LogP contribution in [0, 0.1) is 0 Å². The van der Waals surface area contributed by atoms with Crippen molar-refractivity contribution in [1.29, 1.82) is 0 Å². The minimum atomic E-state index is -0.463. The van der Waals surface area contributed by atoms with Crippen molar-refractivity contribution in [3.8, 4) is 0 Å². The molecule has 0 radical (unpaired) electrons. The molecule has 2 heterocycles. The summed E-state index contributed by atoms with van der Waals surface area (Å²) in [4.78, 5) is 14.2. The van der Waals surface area contributed by atoms with Crippen LogP contribution in [-0.4, -0.2) is 68.3 Å². The molecule has 2 atom stereocenters. The van der Waals surface area contributed by atoms with E-state index in [2.05, 4.69) is 0 Å². The highest BCUT2D eigenvalue weighted by Gasteiger charge is 2.30. The van der Waals surface area contributed by atoms with Gasteiger partial charge in [-0.3, -0.25) is 0 Å². The molecule has 6 nitrogen and oxygen atoms in total. The summed E-state index contributed by atoms with van der Waals surface area (Å²) in [6, 6.07) is 0.102. The van der Waals surface area contributed by atoms with Crippen LogP contribution in [0.3, 0.4) is 0 Å². The van der Waals surface area contributed by atoms with Crippen LogP contribution >= 0.6 is 0 Å². The van der Waals surface area contributed by atoms with Crippen molar-refractivity contribution in [3.05, 3.63) is 0 Å². The molecular formula is C19H35NO5. The molecule has 6 heteroatoms. The second-order valence-electron chi connectivity index (χ2n) is 7.96. The van der Waals surface area contributed by atoms with Gasteiger partial charge in [0.25, 0.3) is 0 Å². The predicted molar refractivity (Wildman–Crippen MR) is 95.8 cm³/mol. The Labute approximate surface area is 152 Å². The van der Waals surface area contributed by atoms with Crippen LogP contribution in [-0.2, 0) is 18.9 Å². The number of piperidine rings is 1. The largest absolute Gasteiger partial charge is 0.444 e. The predicted octanol–water partition coefficient (Wildman–Crippen LogP) is 3.38. The number of hydrogen-bond donors (Lipinski definition) is 0. The SMILES string of the molecule is CC(C)(C)OC(=O)N1CCCC[C@H]1COCCOCC1CCCCO1. The minimum Gasteiger partial charge on any atom is -0.444 e. The molecular weight excluding hydrogens is 322 g/mol. The lowest BCUT2D eigenvalue weighted by Gasteiger charge is -2.36. The molecule has 2 aliphatic rings. The maximum absolute atomic E-state index is 12.3. The average Bonchev–Trinajstić information content (AvgIpc) is 2.57. The monoisotopic (exact) mass is 357 g/mol. The smallest absolute Gasteiger partial charge is 0.410 e. The summed E-state index contributed by atoms with van der Waals surface area (Å²) in [7, 11) is 0. The summed E-state index contributed by atoms with van der Waals surface area (Å²) < 4.78 is 22.6. The normalized spacial score (nSPS) is 25.0. The first-order valence-corrected chi connectivity index (χ1v) is 9.72. The zero-order valence-corrected chi connectivity index (χ0v) is 16.1. The van der Waals surface area contributed by atoms with Gasteiger partial charge in [0.05, 0.1) is 38.6 Å². The number of hydrogen-bond acceptors (Lipinski definition) is 5. The molecule has 2 fully saturated rings. The first-order chi connectivity index (χ1) is 12.0. The van der Waals surface area contributed by atoms with Crippen molar-refractivity contribution in [2.75, 3.05) is 39.6 Å². The van der Waals surface area contributed by atoms with E-state index >= 15 is 0 Å². The number of carbonyl (C=O) groups is 1. The molecule has 0 N–H and O–H groups in total. The first kappa shape index (κ1) is 20.5. The summed E-state index contributed by atoms with van der Waals surface area (Å²) in [5, 5.41) is 0. The molecule has 1 unspecified atom stereocenters. The van der Waals surface area contributed by atoms with Gasteiger partial charge in [-0.1, -0.05) is 0 Å². The van der Waals surface area contributed by atoms with Crippen molar-refractivity contribution in [2.24, 2.45) is 0 Å². The van der Waals surface area contributed by atoms with Crippen LogP contribution in [0.25, 0.3) is 0 Å². The summed E-state index contributed by atoms with van der Waals surface area (Å²) in [5.41, 5.74) is -0.463. The fourth-order valence-corrected chi connectivity index (χ4v) is 3.23. The number of likely N-dealkylation sites (tertiary alicyclic amines) is 1. The van der Waals surface area contributed by atoms with Gasteiger partial charge in [0.15, 0.2) is 0 Å². The molecule has 2 saturated heterocycles. The highest BCUT2D eigenvalue weighted by atomic mass is 16.6. The van der Waals surface area contributed by atoms with E-state index in [-0.39, 0.29) is 18.2 Å². The number of carbonyl (C=O) groups excluding carboxylic acids is 1. The molecule has 0 aromatic carbocycles. The fourth-order valence-electron chi connectivity index (χ4n) is 3.23. The Bertz CT molecular complexity index is 390. The Hall–Kier alpha value is -0.850. The Balaban J connectivity index is 1.61. The summed E-state index contributed by atoms with van der Waals surface area (Å²) >= 11 is 0. The zero-order valence-electron chi connectivity index (χ0n) is 16.1. The lowest BCUT2D eigenvalue weighted by atomic mass is 10.0. The summed E-state index contributed by atoms with van der Waals surface area (Å²) in [6.07, 6.45) is 6.62. The Morgan fingerprint density at radius 3 is 2.44 bits per heavy atom. The molecule has 1 amide bonds. The van der Waals surface area contributed by atoms with Gasteiger partial charge in [0.1, 0.15) is 5.60 Å². The molecule has 2 rings (SSSR count). The topological polar surface area (TPSA) is 57.2 Å².